The van der Waals surface area contributed by atoms with Crippen LogP contribution < -0.4 is 20.7 Å². The van der Waals surface area contributed by atoms with Crippen molar-refractivity contribution in [2.75, 3.05) is 5.32 Å². The molecule has 7 rings (SSSR count). The number of para-hydroxylation sites is 1. The van der Waals surface area contributed by atoms with Gasteiger partial charge in [0.15, 0.2) is 12.0 Å². The van der Waals surface area contributed by atoms with Crippen LogP contribution in [0.3, 0.4) is 0 Å². The number of aliphatic hydroxyl groups is 1. The molecule has 0 aliphatic carbocycles. The molecule has 0 radical (unpaired) electrons. The third-order valence-electron chi connectivity index (χ3n) is 9.88. The summed E-state index contributed by atoms with van der Waals surface area (Å²) in [5.41, 5.74) is 3.33. The molecule has 0 saturated heterocycles. The summed E-state index contributed by atoms with van der Waals surface area (Å²) >= 11 is 0. The lowest BCUT2D eigenvalue weighted by molar-refractivity contribution is -0.143. The molecule has 3 aliphatic heterocycles. The molecular formula is C35H40N6O5. The van der Waals surface area contributed by atoms with Crippen molar-refractivity contribution in [2.24, 2.45) is 13.0 Å². The molecule has 5 heterocycles. The van der Waals surface area contributed by atoms with Crippen molar-refractivity contribution in [3.63, 3.8) is 0 Å². The van der Waals surface area contributed by atoms with Crippen LogP contribution in [0.1, 0.15) is 80.6 Å². The number of benzene rings is 2. The summed E-state index contributed by atoms with van der Waals surface area (Å²) in [6.45, 7) is 9.42. The molecule has 11 nitrogen and oxygen atoms in total. The number of nitrogens with one attached hydrogen (secondary N) is 3. The zero-order chi connectivity index (χ0) is 32.5. The van der Waals surface area contributed by atoms with Crippen molar-refractivity contribution < 1.29 is 23.8 Å². The first kappa shape index (κ1) is 30.0. The highest BCUT2D eigenvalue weighted by Gasteiger charge is 2.61. The summed E-state index contributed by atoms with van der Waals surface area (Å²) in [7, 11) is 1.88. The highest BCUT2D eigenvalue weighted by Crippen LogP contribution is 2.59. The van der Waals surface area contributed by atoms with Crippen LogP contribution in [0.15, 0.2) is 52.9 Å². The van der Waals surface area contributed by atoms with E-state index in [0.29, 0.717) is 23.1 Å². The highest BCUT2D eigenvalue weighted by molar-refractivity contribution is 5.91. The van der Waals surface area contributed by atoms with E-state index in [1.54, 1.807) is 18.5 Å². The fraction of sp³-hybridized carbons (Fsp3) is 0.429. The summed E-state index contributed by atoms with van der Waals surface area (Å²) in [5, 5.41) is 25.2. The van der Waals surface area contributed by atoms with Crippen LogP contribution >= 0.6 is 0 Å². The topological polar surface area (TPSA) is 144 Å². The second-order valence-electron chi connectivity index (χ2n) is 13.0. The summed E-state index contributed by atoms with van der Waals surface area (Å²) < 4.78 is 15.4. The maximum absolute atomic E-state index is 14.1. The molecule has 46 heavy (non-hydrogen) atoms. The quantitative estimate of drug-likeness (QED) is 0.249. The van der Waals surface area contributed by atoms with E-state index in [-0.39, 0.29) is 25.2 Å². The Balaban J connectivity index is 1.49. The van der Waals surface area contributed by atoms with E-state index in [0.717, 1.165) is 33.8 Å². The van der Waals surface area contributed by atoms with Gasteiger partial charge in [-0.3, -0.25) is 14.3 Å². The van der Waals surface area contributed by atoms with Crippen LogP contribution in [0.5, 0.6) is 5.75 Å². The lowest BCUT2D eigenvalue weighted by Crippen LogP contribution is -2.55. The normalized spacial score (nSPS) is 23.0. The first-order valence-corrected chi connectivity index (χ1v) is 16.0. The average Bonchev–Trinajstić information content (AvgIpc) is 3.77. The number of hydrogen-bond acceptors (Lipinski definition) is 8. The molecular weight excluding hydrogens is 584 g/mol. The van der Waals surface area contributed by atoms with Crippen molar-refractivity contribution in [1.29, 1.82) is 0 Å². The van der Waals surface area contributed by atoms with Gasteiger partial charge in [-0.05, 0) is 55.0 Å². The maximum Gasteiger partial charge on any atom is 0.252 e. The first-order chi connectivity index (χ1) is 22.0. The van der Waals surface area contributed by atoms with E-state index in [1.807, 2.05) is 70.3 Å². The molecule has 0 fully saturated rings. The van der Waals surface area contributed by atoms with E-state index in [1.165, 1.54) is 0 Å². The predicted octanol–water partition coefficient (Wildman–Crippen LogP) is 4.27. The zero-order valence-electron chi connectivity index (χ0n) is 27.0. The van der Waals surface area contributed by atoms with Crippen LogP contribution in [-0.2, 0) is 28.5 Å². The van der Waals surface area contributed by atoms with Crippen LogP contribution in [0.4, 0.5) is 5.69 Å². The average molecular weight is 625 g/mol. The van der Waals surface area contributed by atoms with Gasteiger partial charge in [-0.2, -0.15) is 5.10 Å². The Hall–Kier alpha value is -4.64. The molecule has 2 aromatic carbocycles. The second-order valence-corrected chi connectivity index (χ2v) is 13.0. The number of hydrogen-bond donors (Lipinski definition) is 4. The van der Waals surface area contributed by atoms with Gasteiger partial charge in [0.05, 0.1) is 11.4 Å². The fourth-order valence-corrected chi connectivity index (χ4v) is 7.17. The summed E-state index contributed by atoms with van der Waals surface area (Å²) in [5.74, 6) is 0.554. The van der Waals surface area contributed by atoms with Crippen molar-refractivity contribution in [3.05, 3.63) is 82.6 Å². The Morgan fingerprint density at radius 1 is 1.15 bits per heavy atom. The molecule has 2 unspecified atom stereocenters. The lowest BCUT2D eigenvalue weighted by atomic mass is 9.72. The fourth-order valence-electron chi connectivity index (χ4n) is 7.17. The minimum absolute atomic E-state index is 0.116. The Labute approximate surface area is 267 Å². The van der Waals surface area contributed by atoms with Crippen LogP contribution in [-0.4, -0.2) is 49.6 Å². The third kappa shape index (κ3) is 4.35. The molecule has 4 bridgehead atoms. The van der Waals surface area contributed by atoms with Gasteiger partial charge in [0.1, 0.15) is 34.5 Å². The number of ether oxygens (including phenoxy) is 1. The number of rotatable bonds is 6. The monoisotopic (exact) mass is 624 g/mol. The largest absolute Gasteiger partial charge is 0.469 e. The maximum atomic E-state index is 14.1. The number of aromatic nitrogens is 3. The number of carbonyl (C=O) groups excluding carboxylic acids is 2. The van der Waals surface area contributed by atoms with Gasteiger partial charge >= 0.3 is 0 Å². The first-order valence-electron chi connectivity index (χ1n) is 16.0. The molecule has 2 amide bonds. The summed E-state index contributed by atoms with van der Waals surface area (Å²) in [6, 6.07) is 14.4. The molecule has 1 spiro atoms. The third-order valence-corrected chi connectivity index (χ3v) is 9.88. The summed E-state index contributed by atoms with van der Waals surface area (Å²) in [6.07, 6.45) is 0.119. The predicted molar refractivity (Wildman–Crippen MR) is 171 cm³/mol. The minimum atomic E-state index is -1.59. The van der Waals surface area contributed by atoms with E-state index in [9.17, 15) is 14.7 Å². The van der Waals surface area contributed by atoms with Crippen molar-refractivity contribution >= 4 is 17.5 Å². The van der Waals surface area contributed by atoms with Gasteiger partial charge in [-0.1, -0.05) is 58.0 Å². The smallest absolute Gasteiger partial charge is 0.252 e. The molecule has 4 N–H and O–H groups in total. The van der Waals surface area contributed by atoms with Gasteiger partial charge in [0.2, 0.25) is 11.8 Å². The zero-order valence-corrected chi connectivity index (χ0v) is 27.0. The second kappa shape index (κ2) is 10.7. The molecule has 3 aliphatic rings. The van der Waals surface area contributed by atoms with Crippen molar-refractivity contribution in [3.8, 4) is 17.1 Å². The Bertz CT molecular complexity index is 1860. The number of amides is 2. The number of anilines is 1. The van der Waals surface area contributed by atoms with E-state index in [4.69, 9.17) is 14.1 Å². The number of nitrogens with zero attached hydrogens (tertiary/aromatic N) is 3. The van der Waals surface area contributed by atoms with Gasteiger partial charge in [-0.15, -0.1) is 0 Å². The molecule has 4 atom stereocenters. The van der Waals surface area contributed by atoms with Crippen LogP contribution in [0.2, 0.25) is 0 Å². The van der Waals surface area contributed by atoms with Crippen LogP contribution in [0.25, 0.3) is 11.4 Å². The van der Waals surface area contributed by atoms with Gasteiger partial charge in [0.25, 0.3) is 5.91 Å². The molecule has 11 heteroatoms. The van der Waals surface area contributed by atoms with Crippen molar-refractivity contribution in [2.45, 2.75) is 83.2 Å². The van der Waals surface area contributed by atoms with Crippen LogP contribution in [0, 0.1) is 12.8 Å². The number of aryl methyl sites for hydroxylation is 2. The van der Waals surface area contributed by atoms with Gasteiger partial charge in [-0.25, -0.2) is 4.98 Å². The van der Waals surface area contributed by atoms with E-state index < -0.39 is 41.1 Å². The lowest BCUT2D eigenvalue weighted by Gasteiger charge is -2.30. The molecule has 240 valence electrons. The number of carbonyl (C=O) groups is 2. The summed E-state index contributed by atoms with van der Waals surface area (Å²) in [4.78, 5) is 32.6. The Kier molecular flexibility index (Phi) is 7.00. The highest BCUT2D eigenvalue weighted by atomic mass is 16.5. The Morgan fingerprint density at radius 2 is 1.91 bits per heavy atom. The van der Waals surface area contributed by atoms with Gasteiger partial charge < -0.3 is 30.2 Å². The van der Waals surface area contributed by atoms with Crippen molar-refractivity contribution in [1.82, 2.24) is 25.4 Å². The standard InChI is InChI=1S/C35H40N6O5/c1-7-34(44,8-2)32(43)36-24-17-20-13-14-26-22(16-20)35(21-11-9-10-12-23(21)37-33(35)45-26)29-28(25-15-19(5)40-41(25)6)39-31(46-29)27(18(3)4)38-30(24)42/h9-16,18,24,27,33,37,44H,7-8,17H2,1-6H3,(H,36,43)(H,38,42)/t24-,27-,33?,35?/m0/s1. The molecule has 2 aromatic heterocycles. The Morgan fingerprint density at radius 3 is 2.61 bits per heavy atom. The SMILES string of the molecule is CCC(O)(CC)C(=O)N[C@H]1Cc2ccc3c(c2)C2(c4ccccc4NC2O3)c2oc(nc2-c2cc(C)nn2C)[C@H](C(C)C)NC1=O. The molecule has 4 aromatic rings. The number of fused-ring (bicyclic) bond motifs is 4. The van der Waals surface area contributed by atoms with E-state index in [2.05, 4.69) is 27.1 Å². The van der Waals surface area contributed by atoms with E-state index >= 15 is 0 Å². The minimum Gasteiger partial charge on any atom is -0.469 e. The number of oxazole rings is 1. The molecule has 0 saturated carbocycles. The van der Waals surface area contributed by atoms with Gasteiger partial charge in [0, 0.05) is 24.7 Å².